The van der Waals surface area contributed by atoms with Gasteiger partial charge in [0.2, 0.25) is 0 Å². The number of carbonyl (C=O) groups is 2. The summed E-state index contributed by atoms with van der Waals surface area (Å²) in [4.78, 5) is 22.5. The average Bonchev–Trinajstić information content (AvgIpc) is 2.40. The lowest BCUT2D eigenvalue weighted by Gasteiger charge is -2.13. The molecule has 0 aromatic carbocycles. The fraction of sp³-hybridized carbons (Fsp3) is 0.750. The molecule has 0 fully saturated rings. The SMILES string of the molecule is C=CCCCC(CCCCOCC(=O)OCC)C(C)=O. The minimum Gasteiger partial charge on any atom is -0.464 e. The Balaban J connectivity index is 3.60. The standard InChI is InChI=1S/C16H28O4/c1-4-6-7-10-15(14(3)17)11-8-9-12-19-13-16(18)20-5-2/h4,15H,1,5-13H2,2-3H3. The molecule has 1 atom stereocenters. The van der Waals surface area contributed by atoms with Gasteiger partial charge in [-0.1, -0.05) is 12.5 Å². The Labute approximate surface area is 122 Å². The summed E-state index contributed by atoms with van der Waals surface area (Å²) < 4.78 is 9.97. The number of esters is 1. The van der Waals surface area contributed by atoms with Crippen molar-refractivity contribution in [1.29, 1.82) is 0 Å². The first-order valence-electron chi connectivity index (χ1n) is 7.46. The number of ketones is 1. The highest BCUT2D eigenvalue weighted by Crippen LogP contribution is 2.17. The first-order chi connectivity index (χ1) is 9.61. The second-order valence-electron chi connectivity index (χ2n) is 4.88. The molecule has 0 heterocycles. The van der Waals surface area contributed by atoms with Gasteiger partial charge in [0.05, 0.1) is 6.61 Å². The molecule has 0 aliphatic carbocycles. The number of carbonyl (C=O) groups excluding carboxylic acids is 2. The minimum atomic E-state index is -0.321. The first kappa shape index (κ1) is 18.8. The van der Waals surface area contributed by atoms with E-state index in [9.17, 15) is 9.59 Å². The van der Waals surface area contributed by atoms with E-state index < -0.39 is 0 Å². The van der Waals surface area contributed by atoms with Gasteiger partial charge in [-0.15, -0.1) is 6.58 Å². The van der Waals surface area contributed by atoms with Crippen LogP contribution in [0.1, 0.15) is 52.4 Å². The number of allylic oxidation sites excluding steroid dienone is 1. The van der Waals surface area contributed by atoms with Crippen LogP contribution in [0.4, 0.5) is 0 Å². The van der Waals surface area contributed by atoms with Crippen LogP contribution in [0, 0.1) is 5.92 Å². The van der Waals surface area contributed by atoms with Crippen LogP contribution in [0.2, 0.25) is 0 Å². The van der Waals surface area contributed by atoms with Crippen molar-refractivity contribution in [1.82, 2.24) is 0 Å². The Kier molecular flexibility index (Phi) is 12.1. The summed E-state index contributed by atoms with van der Waals surface area (Å²) in [6.07, 6.45) is 7.52. The number of hydrogen-bond donors (Lipinski definition) is 0. The largest absolute Gasteiger partial charge is 0.464 e. The molecule has 116 valence electrons. The maximum Gasteiger partial charge on any atom is 0.332 e. The molecule has 0 amide bonds. The van der Waals surface area contributed by atoms with Crippen molar-refractivity contribution in [3.8, 4) is 0 Å². The molecule has 4 heteroatoms. The Morgan fingerprint density at radius 1 is 1.20 bits per heavy atom. The highest BCUT2D eigenvalue weighted by atomic mass is 16.6. The fourth-order valence-electron chi connectivity index (χ4n) is 2.01. The third-order valence-electron chi connectivity index (χ3n) is 3.15. The molecule has 0 rings (SSSR count). The smallest absolute Gasteiger partial charge is 0.332 e. The molecule has 1 unspecified atom stereocenters. The van der Waals surface area contributed by atoms with Gasteiger partial charge in [0, 0.05) is 12.5 Å². The quantitative estimate of drug-likeness (QED) is 0.296. The molecular weight excluding hydrogens is 256 g/mol. The van der Waals surface area contributed by atoms with Gasteiger partial charge in [-0.2, -0.15) is 0 Å². The maximum atomic E-state index is 11.5. The average molecular weight is 284 g/mol. The lowest BCUT2D eigenvalue weighted by molar-refractivity contribution is -0.148. The van der Waals surface area contributed by atoms with Crippen LogP contribution in [0.3, 0.4) is 0 Å². The van der Waals surface area contributed by atoms with E-state index in [2.05, 4.69) is 6.58 Å². The van der Waals surface area contributed by atoms with E-state index in [4.69, 9.17) is 9.47 Å². The molecule has 4 nitrogen and oxygen atoms in total. The van der Waals surface area contributed by atoms with Gasteiger partial charge in [-0.25, -0.2) is 4.79 Å². The van der Waals surface area contributed by atoms with Gasteiger partial charge in [0.1, 0.15) is 12.4 Å². The summed E-state index contributed by atoms with van der Waals surface area (Å²) in [7, 11) is 0. The van der Waals surface area contributed by atoms with Gasteiger partial charge in [0.15, 0.2) is 0 Å². The summed E-state index contributed by atoms with van der Waals surface area (Å²) in [6, 6.07) is 0. The molecule has 0 N–H and O–H groups in total. The van der Waals surface area contributed by atoms with Gasteiger partial charge in [-0.3, -0.25) is 4.79 Å². The van der Waals surface area contributed by atoms with Crippen molar-refractivity contribution >= 4 is 11.8 Å². The Hall–Kier alpha value is -1.16. The molecule has 0 aromatic heterocycles. The van der Waals surface area contributed by atoms with E-state index in [1.54, 1.807) is 13.8 Å². The van der Waals surface area contributed by atoms with Crippen molar-refractivity contribution in [2.75, 3.05) is 19.8 Å². The van der Waals surface area contributed by atoms with E-state index in [1.807, 2.05) is 6.08 Å². The number of unbranched alkanes of at least 4 members (excludes halogenated alkanes) is 2. The van der Waals surface area contributed by atoms with E-state index in [0.717, 1.165) is 38.5 Å². The van der Waals surface area contributed by atoms with Crippen molar-refractivity contribution in [3.05, 3.63) is 12.7 Å². The van der Waals surface area contributed by atoms with Crippen LogP contribution >= 0.6 is 0 Å². The van der Waals surface area contributed by atoms with Crippen molar-refractivity contribution in [2.45, 2.75) is 52.4 Å². The summed E-state index contributed by atoms with van der Waals surface area (Å²) in [5.74, 6) is 0.0973. The van der Waals surface area contributed by atoms with Crippen molar-refractivity contribution in [3.63, 3.8) is 0 Å². The fourth-order valence-corrected chi connectivity index (χ4v) is 2.01. The predicted octanol–water partition coefficient (Wildman–Crippen LogP) is 3.30. The zero-order chi connectivity index (χ0) is 15.2. The summed E-state index contributed by atoms with van der Waals surface area (Å²) in [6.45, 7) is 8.06. The number of rotatable bonds is 13. The first-order valence-corrected chi connectivity index (χ1v) is 7.46. The van der Waals surface area contributed by atoms with E-state index in [1.165, 1.54) is 0 Å². The molecule has 0 radical (unpaired) electrons. The maximum absolute atomic E-state index is 11.5. The lowest BCUT2D eigenvalue weighted by atomic mass is 9.92. The van der Waals surface area contributed by atoms with Gasteiger partial charge >= 0.3 is 5.97 Å². The zero-order valence-corrected chi connectivity index (χ0v) is 12.9. The van der Waals surface area contributed by atoms with Gasteiger partial charge < -0.3 is 9.47 Å². The van der Waals surface area contributed by atoms with E-state index in [-0.39, 0.29) is 24.3 Å². The molecule has 0 aliphatic rings. The van der Waals surface area contributed by atoms with E-state index in [0.29, 0.717) is 13.2 Å². The van der Waals surface area contributed by atoms with Crippen LogP contribution in [0.15, 0.2) is 12.7 Å². The summed E-state index contributed by atoms with van der Waals surface area (Å²) in [5, 5.41) is 0. The van der Waals surface area contributed by atoms with Gasteiger partial charge in [-0.05, 0) is 46.0 Å². The molecule has 0 spiro atoms. The lowest BCUT2D eigenvalue weighted by Crippen LogP contribution is -2.14. The van der Waals surface area contributed by atoms with Crippen molar-refractivity contribution < 1.29 is 19.1 Å². The zero-order valence-electron chi connectivity index (χ0n) is 12.9. The molecule has 0 aliphatic heterocycles. The topological polar surface area (TPSA) is 52.6 Å². The molecule has 0 bridgehead atoms. The third-order valence-corrected chi connectivity index (χ3v) is 3.15. The molecular formula is C16H28O4. The monoisotopic (exact) mass is 284 g/mol. The Bertz CT molecular complexity index is 286. The highest BCUT2D eigenvalue weighted by Gasteiger charge is 2.13. The highest BCUT2D eigenvalue weighted by molar-refractivity contribution is 5.78. The van der Waals surface area contributed by atoms with Crippen LogP contribution in [0.25, 0.3) is 0 Å². The Morgan fingerprint density at radius 3 is 2.50 bits per heavy atom. The number of ether oxygens (including phenoxy) is 2. The number of hydrogen-bond acceptors (Lipinski definition) is 4. The molecule has 0 saturated heterocycles. The molecule has 20 heavy (non-hydrogen) atoms. The summed E-state index contributed by atoms with van der Waals surface area (Å²) >= 11 is 0. The van der Waals surface area contributed by atoms with Crippen LogP contribution in [0.5, 0.6) is 0 Å². The predicted molar refractivity (Wildman–Crippen MR) is 79.5 cm³/mol. The number of Topliss-reactive ketones (excluding diaryl/α,β-unsaturated/α-hetero) is 1. The van der Waals surface area contributed by atoms with Crippen LogP contribution in [-0.4, -0.2) is 31.6 Å². The van der Waals surface area contributed by atoms with Crippen molar-refractivity contribution in [2.24, 2.45) is 5.92 Å². The normalized spacial score (nSPS) is 11.9. The van der Waals surface area contributed by atoms with Crippen LogP contribution < -0.4 is 0 Å². The Morgan fingerprint density at radius 2 is 1.90 bits per heavy atom. The second-order valence-corrected chi connectivity index (χ2v) is 4.88. The van der Waals surface area contributed by atoms with E-state index >= 15 is 0 Å². The summed E-state index contributed by atoms with van der Waals surface area (Å²) in [5.41, 5.74) is 0. The molecule has 0 saturated carbocycles. The van der Waals surface area contributed by atoms with Gasteiger partial charge in [0.25, 0.3) is 0 Å². The second kappa shape index (κ2) is 12.9. The molecule has 0 aromatic rings. The third kappa shape index (κ3) is 10.7. The van der Waals surface area contributed by atoms with Crippen LogP contribution in [-0.2, 0) is 19.1 Å². The minimum absolute atomic E-state index is 0.0172.